The minimum absolute atomic E-state index is 0.0956. The lowest BCUT2D eigenvalue weighted by Crippen LogP contribution is -2.15. The van der Waals surface area contributed by atoms with Crippen LogP contribution in [-0.4, -0.2) is 29.9 Å². The van der Waals surface area contributed by atoms with Crippen LogP contribution in [0.3, 0.4) is 0 Å². The number of rotatable bonds is 4. The topological polar surface area (TPSA) is 65.2 Å². The molecule has 0 unspecified atom stereocenters. The Morgan fingerprint density at radius 3 is 2.45 bits per heavy atom. The number of anilines is 1. The van der Waals surface area contributed by atoms with Gasteiger partial charge in [0.2, 0.25) is 0 Å². The number of nitrogens with one attached hydrogen (secondary N) is 2. The highest BCUT2D eigenvalue weighted by atomic mass is 19.1. The monoisotopic (exact) mass is 389 g/mol. The van der Waals surface area contributed by atoms with Crippen LogP contribution in [0.5, 0.6) is 0 Å². The molecule has 2 N–H and O–H groups in total. The number of para-hydroxylation sites is 2. The zero-order chi connectivity index (χ0) is 20.5. The van der Waals surface area contributed by atoms with Gasteiger partial charge in [-0.2, -0.15) is 0 Å². The average Bonchev–Trinajstić information content (AvgIpc) is 2.68. The number of hydrogen-bond acceptors (Lipinski definition) is 3. The number of aromatic amines is 1. The lowest BCUT2D eigenvalue weighted by molar-refractivity contribution is 0.102. The molecule has 0 saturated heterocycles. The van der Waals surface area contributed by atoms with Crippen molar-refractivity contribution in [1.82, 2.24) is 9.88 Å². The van der Waals surface area contributed by atoms with Crippen molar-refractivity contribution in [1.29, 1.82) is 0 Å². The van der Waals surface area contributed by atoms with E-state index in [2.05, 4.69) is 10.3 Å². The molecule has 1 aromatic heterocycles. The van der Waals surface area contributed by atoms with E-state index < -0.39 is 5.82 Å². The van der Waals surface area contributed by atoms with Crippen LogP contribution in [0.2, 0.25) is 0 Å². The zero-order valence-electron chi connectivity index (χ0n) is 16.1. The number of benzene rings is 3. The van der Waals surface area contributed by atoms with Gasteiger partial charge in [0.1, 0.15) is 5.82 Å². The molecule has 0 fully saturated rings. The predicted molar refractivity (Wildman–Crippen MR) is 114 cm³/mol. The van der Waals surface area contributed by atoms with E-state index in [-0.39, 0.29) is 27.8 Å². The van der Waals surface area contributed by atoms with Gasteiger partial charge in [0.05, 0.1) is 16.6 Å². The standard InChI is InChI=1S/C23H20FN3O2/c1-27(2)13-14-6-3-7-15(12-14)25-23(29)18-10-4-8-16-20(18)26-21-17(22(16)28)9-5-11-19(21)24/h3-12H,13H2,1-2H3,(H,25,29)(H,26,28). The van der Waals surface area contributed by atoms with Crippen molar-refractivity contribution in [2.75, 3.05) is 19.4 Å². The molecule has 0 saturated carbocycles. The van der Waals surface area contributed by atoms with Crippen LogP contribution in [0.25, 0.3) is 21.8 Å². The third kappa shape index (κ3) is 3.62. The second kappa shape index (κ2) is 7.48. The predicted octanol–water partition coefficient (Wildman–Crippen LogP) is 4.13. The normalized spacial score (nSPS) is 11.3. The summed E-state index contributed by atoms with van der Waals surface area (Å²) in [5, 5.41) is 3.47. The quantitative estimate of drug-likeness (QED) is 0.516. The largest absolute Gasteiger partial charge is 0.351 e. The molecule has 0 aliphatic rings. The van der Waals surface area contributed by atoms with E-state index in [1.54, 1.807) is 30.3 Å². The van der Waals surface area contributed by atoms with Gasteiger partial charge in [-0.3, -0.25) is 9.59 Å². The molecule has 4 rings (SSSR count). The van der Waals surface area contributed by atoms with E-state index in [4.69, 9.17) is 0 Å². The first-order valence-corrected chi connectivity index (χ1v) is 9.22. The molecule has 29 heavy (non-hydrogen) atoms. The van der Waals surface area contributed by atoms with Crippen molar-refractivity contribution in [2.24, 2.45) is 0 Å². The maximum atomic E-state index is 14.2. The Balaban J connectivity index is 1.78. The number of carbonyl (C=O) groups is 1. The number of hydrogen-bond donors (Lipinski definition) is 2. The van der Waals surface area contributed by atoms with Crippen LogP contribution < -0.4 is 10.7 Å². The van der Waals surface area contributed by atoms with Gasteiger partial charge in [-0.15, -0.1) is 0 Å². The third-order valence-corrected chi connectivity index (χ3v) is 4.75. The van der Waals surface area contributed by atoms with Gasteiger partial charge in [-0.05, 0) is 56.1 Å². The fourth-order valence-corrected chi connectivity index (χ4v) is 3.49. The van der Waals surface area contributed by atoms with Crippen molar-refractivity contribution in [2.45, 2.75) is 6.54 Å². The second-order valence-electron chi connectivity index (χ2n) is 7.24. The minimum atomic E-state index is -0.534. The number of pyridine rings is 1. The molecular weight excluding hydrogens is 369 g/mol. The maximum Gasteiger partial charge on any atom is 0.257 e. The van der Waals surface area contributed by atoms with Crippen molar-refractivity contribution < 1.29 is 9.18 Å². The van der Waals surface area contributed by atoms with Crippen LogP contribution in [-0.2, 0) is 6.54 Å². The summed E-state index contributed by atoms with van der Waals surface area (Å²) in [6, 6.07) is 16.8. The first-order chi connectivity index (χ1) is 13.9. The molecular formula is C23H20FN3O2. The van der Waals surface area contributed by atoms with Gasteiger partial charge in [0.25, 0.3) is 5.91 Å². The van der Waals surface area contributed by atoms with Crippen LogP contribution in [0.15, 0.2) is 65.5 Å². The summed E-state index contributed by atoms with van der Waals surface area (Å²) >= 11 is 0. The van der Waals surface area contributed by atoms with Crippen molar-refractivity contribution in [3.05, 3.63) is 87.8 Å². The smallest absolute Gasteiger partial charge is 0.257 e. The summed E-state index contributed by atoms with van der Waals surface area (Å²) in [6.07, 6.45) is 0. The summed E-state index contributed by atoms with van der Waals surface area (Å²) in [5.74, 6) is -0.906. The molecule has 1 amide bonds. The molecule has 0 spiro atoms. The van der Waals surface area contributed by atoms with Crippen molar-refractivity contribution >= 4 is 33.4 Å². The minimum Gasteiger partial charge on any atom is -0.351 e. The summed E-state index contributed by atoms with van der Waals surface area (Å²) in [4.78, 5) is 30.7. The molecule has 0 radical (unpaired) electrons. The number of carbonyl (C=O) groups excluding carboxylic acids is 1. The summed E-state index contributed by atoms with van der Waals surface area (Å²) < 4.78 is 14.2. The molecule has 1 heterocycles. The van der Waals surface area contributed by atoms with E-state index in [0.717, 1.165) is 12.1 Å². The molecule has 6 heteroatoms. The summed E-state index contributed by atoms with van der Waals surface area (Å²) in [7, 11) is 3.95. The first-order valence-electron chi connectivity index (χ1n) is 9.22. The van der Waals surface area contributed by atoms with Gasteiger partial charge in [0.15, 0.2) is 5.43 Å². The molecule has 0 atom stereocenters. The van der Waals surface area contributed by atoms with Gasteiger partial charge in [-0.1, -0.05) is 24.3 Å². The number of nitrogens with zero attached hydrogens (tertiary/aromatic N) is 1. The van der Waals surface area contributed by atoms with Crippen LogP contribution in [0.4, 0.5) is 10.1 Å². The van der Waals surface area contributed by atoms with Gasteiger partial charge in [0, 0.05) is 23.0 Å². The van der Waals surface area contributed by atoms with E-state index in [1.807, 2.05) is 37.2 Å². The Hall–Kier alpha value is -3.51. The summed E-state index contributed by atoms with van der Waals surface area (Å²) in [6.45, 7) is 0.747. The number of H-pyrrole nitrogens is 1. The molecule has 3 aromatic carbocycles. The number of aromatic nitrogens is 1. The highest BCUT2D eigenvalue weighted by Crippen LogP contribution is 2.21. The van der Waals surface area contributed by atoms with Gasteiger partial charge >= 0.3 is 0 Å². The summed E-state index contributed by atoms with van der Waals surface area (Å²) in [5.41, 5.74) is 2.10. The Morgan fingerprint density at radius 1 is 1.00 bits per heavy atom. The van der Waals surface area contributed by atoms with Crippen LogP contribution in [0.1, 0.15) is 15.9 Å². The van der Waals surface area contributed by atoms with E-state index in [9.17, 15) is 14.0 Å². The number of halogens is 1. The first kappa shape index (κ1) is 18.8. The number of amides is 1. The number of fused-ring (bicyclic) bond motifs is 2. The molecule has 5 nitrogen and oxygen atoms in total. The van der Waals surface area contributed by atoms with Gasteiger partial charge in [-0.25, -0.2) is 4.39 Å². The third-order valence-electron chi connectivity index (χ3n) is 4.75. The van der Waals surface area contributed by atoms with Gasteiger partial charge < -0.3 is 15.2 Å². The molecule has 0 aliphatic heterocycles. The Kier molecular flexibility index (Phi) is 4.86. The maximum absolute atomic E-state index is 14.2. The fourth-order valence-electron chi connectivity index (χ4n) is 3.49. The van der Waals surface area contributed by atoms with E-state index in [0.29, 0.717) is 16.6 Å². The molecule has 0 aliphatic carbocycles. The van der Waals surface area contributed by atoms with Crippen molar-refractivity contribution in [3.8, 4) is 0 Å². The second-order valence-corrected chi connectivity index (χ2v) is 7.24. The molecule has 4 aromatic rings. The Morgan fingerprint density at radius 2 is 1.69 bits per heavy atom. The average molecular weight is 389 g/mol. The zero-order valence-corrected chi connectivity index (χ0v) is 16.1. The highest BCUT2D eigenvalue weighted by Gasteiger charge is 2.15. The lowest BCUT2D eigenvalue weighted by atomic mass is 10.1. The SMILES string of the molecule is CN(C)Cc1cccc(NC(=O)c2cccc3c(=O)c4cccc(F)c4[nH]c23)c1. The van der Waals surface area contributed by atoms with Crippen LogP contribution >= 0.6 is 0 Å². The van der Waals surface area contributed by atoms with Crippen molar-refractivity contribution in [3.63, 3.8) is 0 Å². The van der Waals surface area contributed by atoms with E-state index in [1.165, 1.54) is 12.1 Å². The lowest BCUT2D eigenvalue weighted by Gasteiger charge is -2.12. The molecule has 0 bridgehead atoms. The Labute approximate surface area is 166 Å². The molecule has 146 valence electrons. The highest BCUT2D eigenvalue weighted by molar-refractivity contribution is 6.13. The fraction of sp³-hybridized carbons (Fsp3) is 0.130. The van der Waals surface area contributed by atoms with Crippen LogP contribution in [0, 0.1) is 5.82 Å². The van der Waals surface area contributed by atoms with E-state index >= 15 is 0 Å². The Bertz CT molecular complexity index is 1290.